The number of aliphatic hydroxyl groups excluding tert-OH is 1. The molecule has 0 unspecified atom stereocenters. The van der Waals surface area contributed by atoms with Crippen molar-refractivity contribution in [3.05, 3.63) is 0 Å². The zero-order chi connectivity index (χ0) is 21.7. The van der Waals surface area contributed by atoms with Crippen LogP contribution in [-0.2, 0) is 14.3 Å². The number of rotatable bonds is 5. The topological polar surface area (TPSA) is 55.8 Å². The van der Waals surface area contributed by atoms with Crippen molar-refractivity contribution < 1.29 is 19.4 Å². The first-order chi connectivity index (χ1) is 14.2. The molecule has 4 aliphatic rings. The number of hydrogen-bond donors (Lipinski definition) is 1. The summed E-state index contributed by atoms with van der Waals surface area (Å²) in [5.41, 5.74) is 0.680. The standard InChI is InChI=1S/C26H44O4/c1-16(6-9-23(28)30-5)19-7-8-20-24-21(11-13-26(19,20)3)25(2)12-10-18(29-4)14-17(25)15-22(24)27/h16-22,24,27H,6-15H2,1-5H3/t16-,17+,18-,19-,20+,21+,22+,24+,25+,26-/m1/s1. The van der Waals surface area contributed by atoms with E-state index in [9.17, 15) is 9.90 Å². The summed E-state index contributed by atoms with van der Waals surface area (Å²) >= 11 is 0. The highest BCUT2D eigenvalue weighted by atomic mass is 16.5. The van der Waals surface area contributed by atoms with Crippen LogP contribution in [-0.4, -0.2) is 37.5 Å². The number of hydrogen-bond acceptors (Lipinski definition) is 4. The number of methoxy groups -OCH3 is 2. The van der Waals surface area contributed by atoms with Gasteiger partial charge < -0.3 is 14.6 Å². The number of carbonyl (C=O) groups is 1. The molecule has 0 aromatic carbocycles. The molecule has 10 atom stereocenters. The summed E-state index contributed by atoms with van der Waals surface area (Å²) in [4.78, 5) is 11.7. The number of fused-ring (bicyclic) bond motifs is 5. The largest absolute Gasteiger partial charge is 0.469 e. The Kier molecular flexibility index (Phi) is 6.31. The Balaban J connectivity index is 1.52. The van der Waals surface area contributed by atoms with E-state index in [1.165, 1.54) is 45.6 Å². The monoisotopic (exact) mass is 420 g/mol. The van der Waals surface area contributed by atoms with E-state index < -0.39 is 0 Å². The van der Waals surface area contributed by atoms with Crippen LogP contribution in [0.2, 0.25) is 0 Å². The third-order valence-electron chi connectivity index (χ3n) is 10.8. The molecule has 0 heterocycles. The van der Waals surface area contributed by atoms with E-state index in [1.54, 1.807) is 0 Å². The van der Waals surface area contributed by atoms with Crippen molar-refractivity contribution in [1.82, 2.24) is 0 Å². The van der Waals surface area contributed by atoms with E-state index in [4.69, 9.17) is 9.47 Å². The molecule has 0 aliphatic heterocycles. The Morgan fingerprint density at radius 1 is 1.03 bits per heavy atom. The minimum Gasteiger partial charge on any atom is -0.469 e. The minimum atomic E-state index is -0.155. The molecule has 0 saturated heterocycles. The average Bonchev–Trinajstić information content (AvgIpc) is 3.09. The summed E-state index contributed by atoms with van der Waals surface area (Å²) in [6, 6.07) is 0. The number of carbonyl (C=O) groups excluding carboxylic acids is 1. The summed E-state index contributed by atoms with van der Waals surface area (Å²) in [5, 5.41) is 11.4. The molecular formula is C26H44O4. The Bertz CT molecular complexity index is 635. The normalized spacial score (nSPS) is 48.9. The molecule has 0 bridgehead atoms. The summed E-state index contributed by atoms with van der Waals surface area (Å²) in [6.07, 6.45) is 11.3. The maximum atomic E-state index is 11.7. The minimum absolute atomic E-state index is 0.0846. The van der Waals surface area contributed by atoms with Crippen LogP contribution in [0, 0.1) is 46.3 Å². The van der Waals surface area contributed by atoms with Crippen molar-refractivity contribution in [3.63, 3.8) is 0 Å². The van der Waals surface area contributed by atoms with Crippen LogP contribution in [0.3, 0.4) is 0 Å². The molecule has 4 fully saturated rings. The zero-order valence-corrected chi connectivity index (χ0v) is 19.9. The Morgan fingerprint density at radius 3 is 2.43 bits per heavy atom. The third-order valence-corrected chi connectivity index (χ3v) is 10.8. The molecule has 4 saturated carbocycles. The number of esters is 1. The maximum Gasteiger partial charge on any atom is 0.305 e. The molecule has 0 spiro atoms. The van der Waals surface area contributed by atoms with E-state index in [-0.39, 0.29) is 12.1 Å². The van der Waals surface area contributed by atoms with Crippen LogP contribution in [0.1, 0.15) is 85.0 Å². The van der Waals surface area contributed by atoms with Crippen LogP contribution >= 0.6 is 0 Å². The fourth-order valence-corrected chi connectivity index (χ4v) is 9.02. The van der Waals surface area contributed by atoms with Crippen LogP contribution in [0.5, 0.6) is 0 Å². The van der Waals surface area contributed by atoms with Gasteiger partial charge in [0.05, 0.1) is 19.3 Å². The highest BCUT2D eigenvalue weighted by Crippen LogP contribution is 2.68. The van der Waals surface area contributed by atoms with Gasteiger partial charge in [0.15, 0.2) is 0 Å². The van der Waals surface area contributed by atoms with Crippen molar-refractivity contribution >= 4 is 5.97 Å². The lowest BCUT2D eigenvalue weighted by molar-refractivity contribution is -0.176. The smallest absolute Gasteiger partial charge is 0.305 e. The first-order valence-electron chi connectivity index (χ1n) is 12.5. The predicted octanol–water partition coefficient (Wildman–Crippen LogP) is 5.22. The molecular weight excluding hydrogens is 376 g/mol. The van der Waals surface area contributed by atoms with Crippen LogP contribution in [0.25, 0.3) is 0 Å². The van der Waals surface area contributed by atoms with Gasteiger partial charge in [-0.3, -0.25) is 4.79 Å². The van der Waals surface area contributed by atoms with Crippen molar-refractivity contribution in [2.75, 3.05) is 14.2 Å². The molecule has 4 heteroatoms. The molecule has 4 rings (SSSR count). The summed E-state index contributed by atoms with van der Waals surface area (Å²) in [5.74, 6) is 3.47. The molecule has 0 radical (unpaired) electrons. The van der Waals surface area contributed by atoms with Crippen LogP contribution in [0.15, 0.2) is 0 Å². The fraction of sp³-hybridized carbons (Fsp3) is 0.962. The second-order valence-electron chi connectivity index (χ2n) is 11.7. The van der Waals surface area contributed by atoms with E-state index in [0.717, 1.165) is 19.3 Å². The average molecular weight is 421 g/mol. The van der Waals surface area contributed by atoms with E-state index in [1.807, 2.05) is 7.11 Å². The molecule has 0 amide bonds. The summed E-state index contributed by atoms with van der Waals surface area (Å²) in [6.45, 7) is 7.40. The number of ether oxygens (including phenoxy) is 2. The van der Waals surface area contributed by atoms with E-state index in [0.29, 0.717) is 58.9 Å². The summed E-state index contributed by atoms with van der Waals surface area (Å²) in [7, 11) is 3.33. The van der Waals surface area contributed by atoms with Crippen molar-refractivity contribution in [1.29, 1.82) is 0 Å². The zero-order valence-electron chi connectivity index (χ0n) is 19.9. The molecule has 30 heavy (non-hydrogen) atoms. The van der Waals surface area contributed by atoms with Gasteiger partial charge in [-0.25, -0.2) is 0 Å². The SMILES string of the molecule is COC(=O)CC[C@@H](C)[C@H]1CC[C@H]2[C@@H]3[C@@H](O)C[C@@H]4C[C@H](OC)CC[C@]4(C)[C@H]3CC[C@]12C. The first-order valence-corrected chi connectivity index (χ1v) is 12.5. The Labute approximate surface area is 183 Å². The third kappa shape index (κ3) is 3.54. The Morgan fingerprint density at radius 2 is 1.73 bits per heavy atom. The fourth-order valence-electron chi connectivity index (χ4n) is 9.02. The van der Waals surface area contributed by atoms with E-state index >= 15 is 0 Å². The van der Waals surface area contributed by atoms with Crippen LogP contribution in [0.4, 0.5) is 0 Å². The highest BCUT2D eigenvalue weighted by molar-refractivity contribution is 5.69. The first kappa shape index (κ1) is 22.6. The van der Waals surface area contributed by atoms with Gasteiger partial charge in [0.2, 0.25) is 0 Å². The predicted molar refractivity (Wildman–Crippen MR) is 118 cm³/mol. The van der Waals surface area contributed by atoms with Gasteiger partial charge in [-0.2, -0.15) is 0 Å². The lowest BCUT2D eigenvalue weighted by Crippen LogP contribution is -2.58. The highest BCUT2D eigenvalue weighted by Gasteiger charge is 2.62. The van der Waals surface area contributed by atoms with Crippen LogP contribution < -0.4 is 0 Å². The van der Waals surface area contributed by atoms with Gasteiger partial charge in [-0.1, -0.05) is 20.8 Å². The molecule has 4 nitrogen and oxygen atoms in total. The maximum absolute atomic E-state index is 11.7. The summed E-state index contributed by atoms with van der Waals surface area (Å²) < 4.78 is 10.6. The van der Waals surface area contributed by atoms with Gasteiger partial charge in [-0.05, 0) is 104 Å². The molecule has 0 aromatic heterocycles. The van der Waals surface area contributed by atoms with Crippen molar-refractivity contribution in [2.45, 2.75) is 97.2 Å². The Hall–Kier alpha value is -0.610. The van der Waals surface area contributed by atoms with Gasteiger partial charge in [0, 0.05) is 13.5 Å². The molecule has 172 valence electrons. The van der Waals surface area contributed by atoms with Crippen molar-refractivity contribution in [3.8, 4) is 0 Å². The lowest BCUT2D eigenvalue weighted by atomic mass is 9.43. The van der Waals surface area contributed by atoms with Gasteiger partial charge in [0.1, 0.15) is 0 Å². The van der Waals surface area contributed by atoms with Crippen molar-refractivity contribution in [2.24, 2.45) is 46.3 Å². The second kappa shape index (κ2) is 8.39. The molecule has 4 aliphatic carbocycles. The lowest BCUT2D eigenvalue weighted by Gasteiger charge is -2.62. The number of aliphatic hydroxyl groups is 1. The van der Waals surface area contributed by atoms with Gasteiger partial charge in [-0.15, -0.1) is 0 Å². The van der Waals surface area contributed by atoms with E-state index in [2.05, 4.69) is 20.8 Å². The quantitative estimate of drug-likeness (QED) is 0.620. The molecule has 1 N–H and O–H groups in total. The second-order valence-corrected chi connectivity index (χ2v) is 11.7. The van der Waals surface area contributed by atoms with Gasteiger partial charge >= 0.3 is 5.97 Å². The van der Waals surface area contributed by atoms with Gasteiger partial charge in [0.25, 0.3) is 0 Å². The molecule has 0 aromatic rings.